The van der Waals surface area contributed by atoms with Crippen molar-refractivity contribution in [1.29, 1.82) is 5.26 Å². The molecule has 0 aliphatic carbocycles. The average Bonchev–Trinajstić information content (AvgIpc) is 2.73. The van der Waals surface area contributed by atoms with Crippen molar-refractivity contribution in [3.63, 3.8) is 0 Å². The van der Waals surface area contributed by atoms with Crippen LogP contribution in [0.25, 0.3) is 22.2 Å². The van der Waals surface area contributed by atoms with E-state index in [4.69, 9.17) is 4.98 Å². The number of aryl methyl sites for hydroxylation is 2. The van der Waals surface area contributed by atoms with Gasteiger partial charge in [0.15, 0.2) is 0 Å². The maximum absolute atomic E-state index is 13.2. The van der Waals surface area contributed by atoms with Crippen LogP contribution in [0.4, 0.5) is 5.69 Å². The van der Waals surface area contributed by atoms with Crippen molar-refractivity contribution in [2.24, 2.45) is 0 Å². The molecular weight excluding hydrogens is 358 g/mol. The fourth-order valence-corrected chi connectivity index (χ4v) is 3.48. The first-order valence-electron chi connectivity index (χ1n) is 9.35. The third kappa shape index (κ3) is 3.59. The Labute approximate surface area is 169 Å². The van der Waals surface area contributed by atoms with Crippen molar-refractivity contribution in [3.8, 4) is 17.3 Å². The first-order valence-corrected chi connectivity index (χ1v) is 9.35. The van der Waals surface area contributed by atoms with Crippen molar-refractivity contribution < 1.29 is 4.79 Å². The lowest BCUT2D eigenvalue weighted by Crippen LogP contribution is -2.14. The molecule has 4 heteroatoms. The lowest BCUT2D eigenvalue weighted by atomic mass is 9.99. The van der Waals surface area contributed by atoms with E-state index in [0.29, 0.717) is 16.8 Å². The number of fused-ring (bicyclic) bond motifs is 1. The molecule has 3 aromatic carbocycles. The molecule has 0 atom stereocenters. The minimum Gasteiger partial charge on any atom is -0.321 e. The number of hydrogen-bond donors (Lipinski definition) is 1. The summed E-state index contributed by atoms with van der Waals surface area (Å²) in [5.41, 5.74) is 6.23. The molecule has 4 aromatic rings. The minimum absolute atomic E-state index is 0.266. The van der Waals surface area contributed by atoms with Gasteiger partial charge in [-0.2, -0.15) is 5.26 Å². The number of nitriles is 1. The van der Waals surface area contributed by atoms with Crippen LogP contribution in [0, 0.1) is 25.2 Å². The Morgan fingerprint density at radius 1 is 0.966 bits per heavy atom. The smallest absolute Gasteiger partial charge is 0.256 e. The number of anilines is 1. The average molecular weight is 377 g/mol. The summed E-state index contributed by atoms with van der Waals surface area (Å²) in [5, 5.41) is 13.0. The maximum atomic E-state index is 13.2. The van der Waals surface area contributed by atoms with Crippen LogP contribution in [-0.2, 0) is 0 Å². The lowest BCUT2D eigenvalue weighted by Gasteiger charge is -2.13. The molecule has 0 aliphatic rings. The highest BCUT2D eigenvalue weighted by Gasteiger charge is 2.16. The summed E-state index contributed by atoms with van der Waals surface area (Å²) in [7, 11) is 0. The van der Waals surface area contributed by atoms with E-state index >= 15 is 0 Å². The van der Waals surface area contributed by atoms with E-state index in [-0.39, 0.29) is 5.91 Å². The molecule has 0 spiro atoms. The number of amides is 1. The van der Waals surface area contributed by atoms with Crippen molar-refractivity contribution in [3.05, 3.63) is 95.1 Å². The minimum atomic E-state index is -0.266. The van der Waals surface area contributed by atoms with E-state index in [1.54, 1.807) is 24.3 Å². The molecule has 1 heterocycles. The van der Waals surface area contributed by atoms with Crippen LogP contribution in [0.5, 0.6) is 0 Å². The summed E-state index contributed by atoms with van der Waals surface area (Å²) < 4.78 is 0. The molecule has 0 aliphatic heterocycles. The van der Waals surface area contributed by atoms with Gasteiger partial charge in [-0.05, 0) is 43.7 Å². The molecule has 1 aromatic heterocycles. The quantitative estimate of drug-likeness (QED) is 0.502. The predicted molar refractivity (Wildman–Crippen MR) is 116 cm³/mol. The van der Waals surface area contributed by atoms with Crippen LogP contribution in [0.1, 0.15) is 27.0 Å². The van der Waals surface area contributed by atoms with Gasteiger partial charge in [0, 0.05) is 10.9 Å². The van der Waals surface area contributed by atoms with Gasteiger partial charge in [0.05, 0.1) is 28.0 Å². The highest BCUT2D eigenvalue weighted by atomic mass is 16.1. The van der Waals surface area contributed by atoms with Gasteiger partial charge < -0.3 is 5.32 Å². The summed E-state index contributed by atoms with van der Waals surface area (Å²) in [4.78, 5) is 18.0. The second kappa shape index (κ2) is 7.57. The van der Waals surface area contributed by atoms with Gasteiger partial charge >= 0.3 is 0 Å². The summed E-state index contributed by atoms with van der Waals surface area (Å²) in [6, 6.07) is 24.7. The Hall–Kier alpha value is -3.97. The predicted octanol–water partition coefficient (Wildman–Crippen LogP) is 5.64. The van der Waals surface area contributed by atoms with Crippen molar-refractivity contribution in [2.75, 3.05) is 5.32 Å². The third-order valence-electron chi connectivity index (χ3n) is 4.91. The number of rotatable bonds is 3. The molecule has 0 radical (unpaired) electrons. The molecule has 0 bridgehead atoms. The monoisotopic (exact) mass is 377 g/mol. The Bertz CT molecular complexity index is 1280. The Morgan fingerprint density at radius 2 is 1.72 bits per heavy atom. The zero-order chi connectivity index (χ0) is 20.4. The topological polar surface area (TPSA) is 65.8 Å². The number of carbonyl (C=O) groups is 1. The zero-order valence-electron chi connectivity index (χ0n) is 16.2. The Kier molecular flexibility index (Phi) is 4.80. The SMILES string of the molecule is Cc1ccc(-c2cc(C(=O)Nc3ccccc3C#N)c3ccccc3n2)c(C)c1. The van der Waals surface area contributed by atoms with E-state index in [0.717, 1.165) is 27.7 Å². The van der Waals surface area contributed by atoms with Crippen LogP contribution >= 0.6 is 0 Å². The van der Waals surface area contributed by atoms with Crippen molar-refractivity contribution in [1.82, 2.24) is 4.98 Å². The van der Waals surface area contributed by atoms with Crippen LogP contribution in [-0.4, -0.2) is 10.9 Å². The summed E-state index contributed by atoms with van der Waals surface area (Å²) in [6.07, 6.45) is 0. The molecule has 0 fully saturated rings. The van der Waals surface area contributed by atoms with E-state index in [2.05, 4.69) is 24.4 Å². The lowest BCUT2D eigenvalue weighted by molar-refractivity contribution is 0.102. The van der Waals surface area contributed by atoms with Crippen LogP contribution in [0.15, 0.2) is 72.8 Å². The second-order valence-corrected chi connectivity index (χ2v) is 7.00. The largest absolute Gasteiger partial charge is 0.321 e. The number of aromatic nitrogens is 1. The van der Waals surface area contributed by atoms with Crippen molar-refractivity contribution >= 4 is 22.5 Å². The second-order valence-electron chi connectivity index (χ2n) is 7.00. The molecule has 1 amide bonds. The van der Waals surface area contributed by atoms with Gasteiger partial charge in [0.25, 0.3) is 5.91 Å². The molecule has 4 rings (SSSR count). The first kappa shape index (κ1) is 18.4. The fourth-order valence-electron chi connectivity index (χ4n) is 3.48. The molecule has 4 nitrogen and oxygen atoms in total. The zero-order valence-corrected chi connectivity index (χ0v) is 16.2. The maximum Gasteiger partial charge on any atom is 0.256 e. The fraction of sp³-hybridized carbons (Fsp3) is 0.0800. The van der Waals surface area contributed by atoms with Crippen LogP contribution in [0.3, 0.4) is 0 Å². The molecule has 140 valence electrons. The Balaban J connectivity index is 1.85. The third-order valence-corrected chi connectivity index (χ3v) is 4.91. The summed E-state index contributed by atoms with van der Waals surface area (Å²) in [5.74, 6) is -0.266. The molecule has 1 N–H and O–H groups in total. The summed E-state index contributed by atoms with van der Waals surface area (Å²) >= 11 is 0. The molecule has 0 saturated carbocycles. The number of pyridine rings is 1. The number of hydrogen-bond acceptors (Lipinski definition) is 3. The highest BCUT2D eigenvalue weighted by molar-refractivity contribution is 6.13. The first-order chi connectivity index (χ1) is 14.1. The number of carbonyl (C=O) groups excluding carboxylic acids is 1. The van der Waals surface area contributed by atoms with Gasteiger partial charge in [-0.25, -0.2) is 4.98 Å². The van der Waals surface area contributed by atoms with E-state index in [1.807, 2.05) is 49.4 Å². The summed E-state index contributed by atoms with van der Waals surface area (Å²) in [6.45, 7) is 4.10. The molecular formula is C25H19N3O. The molecule has 0 saturated heterocycles. The van der Waals surface area contributed by atoms with E-state index < -0.39 is 0 Å². The van der Waals surface area contributed by atoms with Crippen molar-refractivity contribution in [2.45, 2.75) is 13.8 Å². The number of nitrogens with one attached hydrogen (secondary N) is 1. The molecule has 29 heavy (non-hydrogen) atoms. The molecule has 0 unspecified atom stereocenters. The van der Waals surface area contributed by atoms with Gasteiger partial charge in [-0.3, -0.25) is 4.79 Å². The Morgan fingerprint density at radius 3 is 2.52 bits per heavy atom. The number of nitrogens with zero attached hydrogens (tertiary/aromatic N) is 2. The standard InChI is InChI=1S/C25H19N3O/c1-16-11-12-19(17(2)13-16)24-14-21(20-8-4-6-10-23(20)27-24)25(29)28-22-9-5-3-7-18(22)15-26/h3-14H,1-2H3,(H,28,29). The highest BCUT2D eigenvalue weighted by Crippen LogP contribution is 2.28. The van der Waals surface area contributed by atoms with E-state index in [9.17, 15) is 10.1 Å². The van der Waals surface area contributed by atoms with Crippen LogP contribution < -0.4 is 5.32 Å². The van der Waals surface area contributed by atoms with Gasteiger partial charge in [0.1, 0.15) is 6.07 Å². The van der Waals surface area contributed by atoms with Gasteiger partial charge in [-0.1, -0.05) is 54.1 Å². The van der Waals surface area contributed by atoms with Gasteiger partial charge in [-0.15, -0.1) is 0 Å². The number of para-hydroxylation sites is 2. The number of benzene rings is 3. The van der Waals surface area contributed by atoms with Crippen LogP contribution in [0.2, 0.25) is 0 Å². The normalized spacial score (nSPS) is 10.5. The van der Waals surface area contributed by atoms with E-state index in [1.165, 1.54) is 5.56 Å². The van der Waals surface area contributed by atoms with Gasteiger partial charge in [0.2, 0.25) is 0 Å².